The summed E-state index contributed by atoms with van der Waals surface area (Å²) in [5, 5.41) is 14.6. The Morgan fingerprint density at radius 2 is 1.96 bits per heavy atom. The number of anilines is 4. The van der Waals surface area contributed by atoms with Gasteiger partial charge in [0.25, 0.3) is 0 Å². The molecule has 0 aliphatic carbocycles. The highest BCUT2D eigenvalue weighted by atomic mass is 19.1. The topological polar surface area (TPSA) is 83.1 Å². The number of carbonyl (C=O) groups is 1. The number of halogens is 1. The second-order valence-electron chi connectivity index (χ2n) is 6.51. The summed E-state index contributed by atoms with van der Waals surface area (Å²) in [5.74, 6) is -0.760. The molecule has 8 heteroatoms. The van der Waals surface area contributed by atoms with Crippen LogP contribution in [0, 0.1) is 5.82 Å². The van der Waals surface area contributed by atoms with Gasteiger partial charge >= 0.3 is 0 Å². The molecule has 150 valence electrons. The maximum Gasteiger partial charge on any atom is 0.221 e. The van der Waals surface area contributed by atoms with E-state index in [2.05, 4.69) is 15.5 Å². The van der Waals surface area contributed by atoms with Gasteiger partial charge in [-0.3, -0.25) is 4.79 Å². The first-order valence-corrected chi connectivity index (χ1v) is 8.99. The predicted molar refractivity (Wildman–Crippen MR) is 106 cm³/mol. The summed E-state index contributed by atoms with van der Waals surface area (Å²) in [6.07, 6.45) is 0.150. The predicted octanol–water partition coefficient (Wildman–Crippen LogP) is 2.73. The zero-order chi connectivity index (χ0) is 20.1. The van der Waals surface area contributed by atoms with E-state index < -0.39 is 5.82 Å². The van der Waals surface area contributed by atoms with Gasteiger partial charge in [0, 0.05) is 43.5 Å². The monoisotopic (exact) mass is 389 g/mol. The highest BCUT2D eigenvalue weighted by Crippen LogP contribution is 2.33. The van der Waals surface area contributed by atoms with E-state index in [0.29, 0.717) is 18.0 Å². The summed E-state index contributed by atoms with van der Waals surface area (Å²) in [5.41, 5.74) is 2.72. The number of nitrogens with one attached hydrogen (secondary N) is 2. The third-order valence-corrected chi connectivity index (χ3v) is 4.41. The average Bonchev–Trinajstić information content (AvgIpc) is 2.63. The molecular weight excluding hydrogens is 365 g/mol. The fourth-order valence-electron chi connectivity index (χ4n) is 2.99. The van der Waals surface area contributed by atoms with E-state index in [-0.39, 0.29) is 24.4 Å². The van der Waals surface area contributed by atoms with Crippen molar-refractivity contribution in [2.24, 2.45) is 0 Å². The van der Waals surface area contributed by atoms with Crippen LogP contribution in [0.15, 0.2) is 36.4 Å². The Labute approximate surface area is 163 Å². The van der Waals surface area contributed by atoms with Gasteiger partial charge < -0.3 is 30.1 Å². The number of carbonyl (C=O) groups excluding carboxylic acids is 1. The number of rotatable bonds is 8. The van der Waals surface area contributed by atoms with Gasteiger partial charge in [-0.2, -0.15) is 0 Å². The molecule has 1 aliphatic rings. The normalized spacial score (nSPS) is 13.8. The van der Waals surface area contributed by atoms with Crippen LogP contribution in [0.2, 0.25) is 0 Å². The average molecular weight is 389 g/mol. The zero-order valence-corrected chi connectivity index (χ0v) is 15.9. The van der Waals surface area contributed by atoms with Gasteiger partial charge in [-0.15, -0.1) is 0 Å². The maximum absolute atomic E-state index is 14.0. The largest absolute Gasteiger partial charge is 0.494 e. The van der Waals surface area contributed by atoms with Crippen LogP contribution < -0.4 is 20.3 Å². The molecule has 3 rings (SSSR count). The first-order valence-electron chi connectivity index (χ1n) is 8.99. The molecule has 0 saturated carbocycles. The number of ether oxygens (including phenoxy) is 2. The molecule has 0 aromatic heterocycles. The van der Waals surface area contributed by atoms with E-state index in [1.807, 2.05) is 24.3 Å². The van der Waals surface area contributed by atoms with Crippen molar-refractivity contribution in [3.05, 3.63) is 42.2 Å². The number of hydrogen-bond acceptors (Lipinski definition) is 6. The Hall–Kier alpha value is -2.84. The van der Waals surface area contributed by atoms with Gasteiger partial charge in [0.1, 0.15) is 0 Å². The van der Waals surface area contributed by atoms with Crippen LogP contribution in [-0.4, -0.2) is 50.5 Å². The molecule has 1 heterocycles. The Bertz CT molecular complexity index is 823. The van der Waals surface area contributed by atoms with Crippen molar-refractivity contribution < 1.29 is 23.8 Å². The van der Waals surface area contributed by atoms with Crippen LogP contribution in [0.4, 0.5) is 27.1 Å². The molecule has 7 nitrogen and oxygen atoms in total. The minimum Gasteiger partial charge on any atom is -0.494 e. The SMILES string of the molecule is COc1cc(Nc2ccc(N3CC(OCCO)C3)cc2)c(NC(C)=O)cc1F. The maximum atomic E-state index is 14.0. The second-order valence-corrected chi connectivity index (χ2v) is 6.51. The van der Waals surface area contributed by atoms with E-state index in [1.54, 1.807) is 0 Å². The summed E-state index contributed by atoms with van der Waals surface area (Å²) in [7, 11) is 1.39. The molecule has 1 fully saturated rings. The van der Waals surface area contributed by atoms with E-state index >= 15 is 0 Å². The van der Waals surface area contributed by atoms with Crippen LogP contribution in [0.5, 0.6) is 5.75 Å². The quantitative estimate of drug-likeness (QED) is 0.644. The highest BCUT2D eigenvalue weighted by Gasteiger charge is 2.27. The highest BCUT2D eigenvalue weighted by molar-refractivity contribution is 5.93. The Morgan fingerprint density at radius 1 is 1.25 bits per heavy atom. The van der Waals surface area contributed by atoms with Gasteiger partial charge in [-0.25, -0.2) is 4.39 Å². The van der Waals surface area contributed by atoms with E-state index in [4.69, 9.17) is 14.6 Å². The number of aliphatic hydroxyl groups excluding tert-OH is 1. The first-order chi connectivity index (χ1) is 13.5. The third kappa shape index (κ3) is 4.71. The molecular formula is C20H24FN3O4. The molecule has 2 aromatic carbocycles. The summed E-state index contributed by atoms with van der Waals surface area (Å²) in [6.45, 7) is 3.33. The Morgan fingerprint density at radius 3 is 2.57 bits per heavy atom. The lowest BCUT2D eigenvalue weighted by Crippen LogP contribution is -2.52. The molecule has 1 amide bonds. The number of benzene rings is 2. The van der Waals surface area contributed by atoms with Crippen molar-refractivity contribution in [1.29, 1.82) is 0 Å². The molecule has 3 N–H and O–H groups in total. The van der Waals surface area contributed by atoms with Gasteiger partial charge in [0.15, 0.2) is 11.6 Å². The zero-order valence-electron chi connectivity index (χ0n) is 15.9. The van der Waals surface area contributed by atoms with Crippen molar-refractivity contribution >= 4 is 28.7 Å². The van der Waals surface area contributed by atoms with Crippen molar-refractivity contribution in [2.45, 2.75) is 13.0 Å². The van der Waals surface area contributed by atoms with Crippen LogP contribution in [0.1, 0.15) is 6.92 Å². The summed E-state index contributed by atoms with van der Waals surface area (Å²) in [6, 6.07) is 10.5. The molecule has 28 heavy (non-hydrogen) atoms. The molecule has 0 radical (unpaired) electrons. The number of aliphatic hydroxyl groups is 1. The fraction of sp³-hybridized carbons (Fsp3) is 0.350. The van der Waals surface area contributed by atoms with Crippen LogP contribution in [-0.2, 0) is 9.53 Å². The summed E-state index contributed by atoms with van der Waals surface area (Å²) in [4.78, 5) is 13.6. The van der Waals surface area contributed by atoms with Crippen molar-refractivity contribution in [1.82, 2.24) is 0 Å². The third-order valence-electron chi connectivity index (χ3n) is 4.41. The number of amides is 1. The Balaban J connectivity index is 1.69. The van der Waals surface area contributed by atoms with E-state index in [9.17, 15) is 9.18 Å². The molecule has 0 bridgehead atoms. The lowest BCUT2D eigenvalue weighted by molar-refractivity contribution is -0.114. The van der Waals surface area contributed by atoms with Crippen molar-refractivity contribution in [3.8, 4) is 5.75 Å². The van der Waals surface area contributed by atoms with E-state index in [1.165, 1.54) is 26.2 Å². The lowest BCUT2D eigenvalue weighted by Gasteiger charge is -2.40. The molecule has 0 atom stereocenters. The second kappa shape index (κ2) is 8.90. The summed E-state index contributed by atoms with van der Waals surface area (Å²) >= 11 is 0. The number of hydrogen-bond donors (Lipinski definition) is 3. The minimum atomic E-state index is -0.553. The van der Waals surface area contributed by atoms with Crippen molar-refractivity contribution in [2.75, 3.05) is 48.9 Å². The minimum absolute atomic E-state index is 0.0332. The lowest BCUT2D eigenvalue weighted by atomic mass is 10.1. The number of nitrogens with zero attached hydrogens (tertiary/aromatic N) is 1. The van der Waals surface area contributed by atoms with Crippen LogP contribution >= 0.6 is 0 Å². The molecule has 1 saturated heterocycles. The Kier molecular flexibility index (Phi) is 6.33. The van der Waals surface area contributed by atoms with Gasteiger partial charge in [-0.1, -0.05) is 0 Å². The van der Waals surface area contributed by atoms with Crippen LogP contribution in [0.25, 0.3) is 0 Å². The standard InChI is InChI=1S/C20H24FN3O4/c1-13(26)22-18-9-17(21)20(27-2)10-19(18)23-14-3-5-15(6-4-14)24-11-16(12-24)28-8-7-25/h3-6,9-10,16,23,25H,7-8,11-12H2,1-2H3,(H,22,26). The number of methoxy groups -OCH3 is 1. The molecule has 0 unspecified atom stereocenters. The smallest absolute Gasteiger partial charge is 0.221 e. The van der Waals surface area contributed by atoms with Gasteiger partial charge in [0.2, 0.25) is 5.91 Å². The molecule has 0 spiro atoms. The first kappa shape index (κ1) is 19.9. The summed E-state index contributed by atoms with van der Waals surface area (Å²) < 4.78 is 24.5. The van der Waals surface area contributed by atoms with E-state index in [0.717, 1.165) is 24.5 Å². The molecule has 1 aliphatic heterocycles. The fourth-order valence-corrected chi connectivity index (χ4v) is 2.99. The van der Waals surface area contributed by atoms with Gasteiger partial charge in [0.05, 0.1) is 37.8 Å². The van der Waals surface area contributed by atoms with Crippen molar-refractivity contribution in [3.63, 3.8) is 0 Å². The van der Waals surface area contributed by atoms with Crippen LogP contribution in [0.3, 0.4) is 0 Å². The molecule has 2 aromatic rings. The van der Waals surface area contributed by atoms with Gasteiger partial charge in [-0.05, 0) is 24.3 Å².